The van der Waals surface area contributed by atoms with Gasteiger partial charge < -0.3 is 9.30 Å². The number of aromatic nitrogens is 1. The minimum Gasteiger partial charge on any atom is -0.377 e. The maximum atomic E-state index is 12.5. The van der Waals surface area contributed by atoms with Crippen LogP contribution in [0.25, 0.3) is 10.9 Å². The molecule has 0 saturated carbocycles. The van der Waals surface area contributed by atoms with Crippen LogP contribution in [-0.4, -0.2) is 17.0 Å². The molecule has 4 rings (SSSR count). The highest BCUT2D eigenvalue weighted by atomic mass is 16.5. The van der Waals surface area contributed by atoms with E-state index in [2.05, 4.69) is 41.0 Å². The molecule has 0 amide bonds. The van der Waals surface area contributed by atoms with Crippen LogP contribution < -0.4 is 0 Å². The average Bonchev–Trinajstić information content (AvgIpc) is 2.98. The molecule has 25 heavy (non-hydrogen) atoms. The van der Waals surface area contributed by atoms with Gasteiger partial charge in [-0.3, -0.25) is 4.79 Å². The Bertz CT molecular complexity index is 880. The van der Waals surface area contributed by atoms with Crippen LogP contribution in [0.1, 0.15) is 40.9 Å². The summed E-state index contributed by atoms with van der Waals surface area (Å²) >= 11 is 0. The number of aryl methyl sites for hydroxylation is 2. The summed E-state index contributed by atoms with van der Waals surface area (Å²) in [5, 5.41) is 1.23. The first kappa shape index (κ1) is 16.1. The van der Waals surface area contributed by atoms with E-state index in [-0.39, 0.29) is 0 Å². The zero-order valence-corrected chi connectivity index (χ0v) is 14.4. The van der Waals surface area contributed by atoms with Gasteiger partial charge in [0.15, 0.2) is 5.78 Å². The summed E-state index contributed by atoms with van der Waals surface area (Å²) in [6.45, 7) is 2.31. The molecule has 2 heterocycles. The molecule has 0 unspecified atom stereocenters. The van der Waals surface area contributed by atoms with Gasteiger partial charge in [-0.2, -0.15) is 0 Å². The van der Waals surface area contributed by atoms with Crippen LogP contribution in [0.4, 0.5) is 0 Å². The topological polar surface area (TPSA) is 31.2 Å². The van der Waals surface area contributed by atoms with Gasteiger partial charge in [0, 0.05) is 30.5 Å². The zero-order valence-electron chi connectivity index (χ0n) is 14.4. The van der Waals surface area contributed by atoms with Crippen LogP contribution in [0, 0.1) is 0 Å². The normalized spacial score (nSPS) is 14.0. The lowest BCUT2D eigenvalue weighted by atomic mass is 10.0. The number of hydrogen-bond acceptors (Lipinski definition) is 2. The predicted octanol–water partition coefficient (Wildman–Crippen LogP) is 4.77. The van der Waals surface area contributed by atoms with E-state index >= 15 is 0 Å². The number of ketones is 1. The van der Waals surface area contributed by atoms with Crippen LogP contribution in [0.3, 0.4) is 0 Å². The molecule has 1 aliphatic rings. The molecule has 0 bridgehead atoms. The Hall–Kier alpha value is -2.39. The van der Waals surface area contributed by atoms with Crippen LogP contribution in [-0.2, 0) is 24.3 Å². The maximum Gasteiger partial charge on any atom is 0.179 e. The van der Waals surface area contributed by atoms with Crippen molar-refractivity contribution in [2.45, 2.75) is 38.8 Å². The van der Waals surface area contributed by atoms with Crippen LogP contribution in [0.2, 0.25) is 0 Å². The average molecular weight is 333 g/mol. The Labute approximate surface area is 148 Å². The number of benzene rings is 2. The molecule has 3 heteroatoms. The largest absolute Gasteiger partial charge is 0.377 e. The summed E-state index contributed by atoms with van der Waals surface area (Å²) in [5.41, 5.74) is 4.55. The van der Waals surface area contributed by atoms with Gasteiger partial charge in [-0.15, -0.1) is 0 Å². The fraction of sp³-hybridized carbons (Fsp3) is 0.318. The minimum absolute atomic E-state index is 0.294. The lowest BCUT2D eigenvalue weighted by Gasteiger charge is -2.16. The minimum atomic E-state index is 0.294. The van der Waals surface area contributed by atoms with Crippen LogP contribution in [0.5, 0.6) is 0 Å². The van der Waals surface area contributed by atoms with Crippen molar-refractivity contribution in [1.82, 2.24) is 4.57 Å². The van der Waals surface area contributed by atoms with Crippen molar-refractivity contribution in [1.29, 1.82) is 0 Å². The summed E-state index contributed by atoms with van der Waals surface area (Å²) in [7, 11) is 0. The van der Waals surface area contributed by atoms with E-state index in [0.717, 1.165) is 31.5 Å². The first-order valence-corrected chi connectivity index (χ1v) is 9.09. The van der Waals surface area contributed by atoms with Crippen LogP contribution in [0.15, 0.2) is 54.6 Å². The van der Waals surface area contributed by atoms with E-state index in [1.54, 1.807) is 0 Å². The molecule has 0 spiro atoms. The number of fused-ring (bicyclic) bond motifs is 3. The Morgan fingerprint density at radius 2 is 1.80 bits per heavy atom. The maximum absolute atomic E-state index is 12.5. The van der Waals surface area contributed by atoms with Gasteiger partial charge in [-0.05, 0) is 36.5 Å². The number of rotatable bonds is 6. The summed E-state index contributed by atoms with van der Waals surface area (Å²) < 4.78 is 8.03. The van der Waals surface area contributed by atoms with E-state index < -0.39 is 0 Å². The lowest BCUT2D eigenvalue weighted by Crippen LogP contribution is -2.17. The molecule has 0 fully saturated rings. The van der Waals surface area contributed by atoms with Gasteiger partial charge >= 0.3 is 0 Å². The number of Topliss-reactive ketones (excluding diaryl/α,β-unsaturated/α-hetero) is 1. The number of ether oxygens (including phenoxy) is 1. The summed E-state index contributed by atoms with van der Waals surface area (Å²) in [6, 6.07) is 18.6. The third-order valence-electron chi connectivity index (χ3n) is 4.95. The second kappa shape index (κ2) is 7.24. The monoisotopic (exact) mass is 333 g/mol. The highest BCUT2D eigenvalue weighted by Crippen LogP contribution is 2.31. The van der Waals surface area contributed by atoms with Crippen molar-refractivity contribution in [3.8, 4) is 0 Å². The molecule has 128 valence electrons. The molecular weight excluding hydrogens is 310 g/mol. The molecule has 0 atom stereocenters. The lowest BCUT2D eigenvalue weighted by molar-refractivity contribution is 0.0953. The van der Waals surface area contributed by atoms with Crippen molar-refractivity contribution >= 4 is 16.7 Å². The SMILES string of the molecule is O=C1CCCn2c1c(CCCOCc1ccccc1)c1ccccc12. The van der Waals surface area contributed by atoms with Gasteiger partial charge in [0.05, 0.1) is 12.3 Å². The number of carbonyl (C=O) groups is 1. The zero-order chi connectivity index (χ0) is 17.1. The third-order valence-corrected chi connectivity index (χ3v) is 4.95. The molecule has 2 aromatic carbocycles. The predicted molar refractivity (Wildman–Crippen MR) is 99.9 cm³/mol. The number of hydrogen-bond donors (Lipinski definition) is 0. The van der Waals surface area contributed by atoms with Crippen molar-refractivity contribution in [2.24, 2.45) is 0 Å². The molecule has 0 saturated heterocycles. The molecular formula is C22H23NO2. The standard InChI is InChI=1S/C22H23NO2/c24-21-13-6-14-23-20-12-5-4-10-18(20)19(22(21)23)11-7-15-25-16-17-8-2-1-3-9-17/h1-5,8-10,12H,6-7,11,13-16H2. The summed E-state index contributed by atoms with van der Waals surface area (Å²) in [4.78, 5) is 12.5. The Morgan fingerprint density at radius 1 is 1.00 bits per heavy atom. The van der Waals surface area contributed by atoms with Crippen LogP contribution >= 0.6 is 0 Å². The van der Waals surface area contributed by atoms with Crippen molar-refractivity contribution in [3.05, 3.63) is 71.4 Å². The summed E-state index contributed by atoms with van der Waals surface area (Å²) in [6.07, 6.45) is 3.45. The van der Waals surface area contributed by atoms with Crippen molar-refractivity contribution in [2.75, 3.05) is 6.61 Å². The Balaban J connectivity index is 1.46. The van der Waals surface area contributed by atoms with E-state index in [1.165, 1.54) is 22.0 Å². The molecule has 3 nitrogen and oxygen atoms in total. The second-order valence-electron chi connectivity index (χ2n) is 6.66. The number of nitrogens with zero attached hydrogens (tertiary/aromatic N) is 1. The van der Waals surface area contributed by atoms with Gasteiger partial charge in [-0.1, -0.05) is 48.5 Å². The molecule has 1 aliphatic heterocycles. The van der Waals surface area contributed by atoms with Gasteiger partial charge in [0.2, 0.25) is 0 Å². The van der Waals surface area contributed by atoms with Gasteiger partial charge in [-0.25, -0.2) is 0 Å². The molecule has 0 radical (unpaired) electrons. The second-order valence-corrected chi connectivity index (χ2v) is 6.66. The fourth-order valence-electron chi connectivity index (χ4n) is 3.81. The van der Waals surface area contributed by atoms with E-state index in [1.807, 2.05) is 18.2 Å². The summed E-state index contributed by atoms with van der Waals surface area (Å²) in [5.74, 6) is 0.294. The fourth-order valence-corrected chi connectivity index (χ4v) is 3.81. The first-order chi connectivity index (χ1) is 12.3. The molecule has 3 aromatic rings. The Morgan fingerprint density at radius 3 is 2.68 bits per heavy atom. The number of carbonyl (C=O) groups excluding carboxylic acids is 1. The highest BCUT2D eigenvalue weighted by Gasteiger charge is 2.24. The van der Waals surface area contributed by atoms with Crippen molar-refractivity contribution < 1.29 is 9.53 Å². The quantitative estimate of drug-likeness (QED) is 0.609. The smallest absolute Gasteiger partial charge is 0.179 e. The van der Waals surface area contributed by atoms with E-state index in [0.29, 0.717) is 25.4 Å². The van der Waals surface area contributed by atoms with Crippen molar-refractivity contribution in [3.63, 3.8) is 0 Å². The van der Waals surface area contributed by atoms with E-state index in [4.69, 9.17) is 4.74 Å². The first-order valence-electron chi connectivity index (χ1n) is 9.09. The highest BCUT2D eigenvalue weighted by molar-refractivity contribution is 6.03. The molecule has 1 aromatic heterocycles. The van der Waals surface area contributed by atoms with E-state index in [9.17, 15) is 4.79 Å². The Kier molecular flexibility index (Phi) is 4.66. The molecule has 0 aliphatic carbocycles. The third kappa shape index (κ3) is 3.24. The molecule has 0 N–H and O–H groups in total. The van der Waals surface area contributed by atoms with Gasteiger partial charge in [0.25, 0.3) is 0 Å². The van der Waals surface area contributed by atoms with Gasteiger partial charge in [0.1, 0.15) is 0 Å². The number of para-hydroxylation sites is 1.